The largest absolute Gasteiger partial charge is 0.484 e. The van der Waals surface area contributed by atoms with Crippen molar-refractivity contribution in [2.45, 2.75) is 38.8 Å². The van der Waals surface area contributed by atoms with E-state index >= 15 is 0 Å². The first-order valence-corrected chi connectivity index (χ1v) is 9.85. The van der Waals surface area contributed by atoms with Crippen LogP contribution in [0.5, 0.6) is 5.75 Å². The number of nitrogens with one attached hydrogen (secondary N) is 2. The van der Waals surface area contributed by atoms with E-state index in [1.54, 1.807) is 24.3 Å². The Morgan fingerprint density at radius 2 is 1.63 bits per heavy atom. The van der Waals surface area contributed by atoms with Gasteiger partial charge >= 0.3 is 0 Å². The first-order chi connectivity index (χ1) is 12.9. The van der Waals surface area contributed by atoms with Crippen LogP contribution in [0.1, 0.15) is 26.7 Å². The van der Waals surface area contributed by atoms with Crippen LogP contribution < -0.4 is 15.4 Å². The molecule has 0 aromatic heterocycles. The zero-order chi connectivity index (χ0) is 19.4. The quantitative estimate of drug-likeness (QED) is 0.674. The molecule has 7 heteroatoms. The van der Waals surface area contributed by atoms with Crippen molar-refractivity contribution in [2.75, 3.05) is 19.8 Å². The van der Waals surface area contributed by atoms with Gasteiger partial charge in [-0.25, -0.2) is 0 Å². The van der Waals surface area contributed by atoms with Crippen LogP contribution in [0.2, 0.25) is 5.02 Å². The Bertz CT molecular complexity index is 664. The van der Waals surface area contributed by atoms with Gasteiger partial charge < -0.3 is 20.1 Å². The summed E-state index contributed by atoms with van der Waals surface area (Å²) in [5.74, 6) is 1.70. The molecule has 27 heavy (non-hydrogen) atoms. The average molecular weight is 395 g/mol. The highest BCUT2D eigenvalue weighted by atomic mass is 35.5. The van der Waals surface area contributed by atoms with Crippen molar-refractivity contribution in [3.8, 4) is 5.75 Å². The van der Waals surface area contributed by atoms with Gasteiger partial charge in [-0.15, -0.1) is 0 Å². The molecular formula is C20H27ClN2O4. The molecule has 2 amide bonds. The Labute approximate surface area is 164 Å². The fourth-order valence-electron chi connectivity index (χ4n) is 3.68. The number of fused-ring (bicyclic) bond motifs is 1. The number of hydrogen-bond acceptors (Lipinski definition) is 4. The second kappa shape index (κ2) is 8.93. The SMILES string of the molecule is CC(C)COCC(=O)N[C@@H]1C[C@H](NC(=O)COc2ccc(Cl)cc2)C2CC21. The predicted octanol–water partition coefficient (Wildman–Crippen LogP) is 2.40. The van der Waals surface area contributed by atoms with Crippen LogP contribution in [0.3, 0.4) is 0 Å². The highest BCUT2D eigenvalue weighted by Gasteiger charge is 2.55. The van der Waals surface area contributed by atoms with Gasteiger partial charge in [0.25, 0.3) is 5.91 Å². The van der Waals surface area contributed by atoms with Crippen LogP contribution in [-0.4, -0.2) is 43.7 Å². The number of ether oxygens (including phenoxy) is 2. The Morgan fingerprint density at radius 1 is 1.04 bits per heavy atom. The summed E-state index contributed by atoms with van der Waals surface area (Å²) in [5, 5.41) is 6.72. The third-order valence-electron chi connectivity index (χ3n) is 4.99. The van der Waals surface area contributed by atoms with Crippen molar-refractivity contribution in [3.63, 3.8) is 0 Å². The topological polar surface area (TPSA) is 76.7 Å². The van der Waals surface area contributed by atoms with Crippen LogP contribution in [0.4, 0.5) is 0 Å². The minimum Gasteiger partial charge on any atom is -0.484 e. The summed E-state index contributed by atoms with van der Waals surface area (Å²) in [6.45, 7) is 4.74. The molecule has 6 nitrogen and oxygen atoms in total. The lowest BCUT2D eigenvalue weighted by molar-refractivity contribution is -0.126. The monoisotopic (exact) mass is 394 g/mol. The highest BCUT2D eigenvalue weighted by molar-refractivity contribution is 6.30. The summed E-state index contributed by atoms with van der Waals surface area (Å²) in [7, 11) is 0. The fourth-order valence-corrected chi connectivity index (χ4v) is 3.81. The number of amides is 2. The van der Waals surface area contributed by atoms with Gasteiger partial charge in [0.2, 0.25) is 5.91 Å². The highest BCUT2D eigenvalue weighted by Crippen LogP contribution is 2.51. The minimum absolute atomic E-state index is 0.0322. The summed E-state index contributed by atoms with van der Waals surface area (Å²) in [4.78, 5) is 24.2. The number of benzene rings is 1. The second-order valence-electron chi connectivity index (χ2n) is 7.80. The molecule has 148 valence electrons. The van der Waals surface area contributed by atoms with Crippen LogP contribution in [0.15, 0.2) is 24.3 Å². The van der Waals surface area contributed by atoms with Crippen molar-refractivity contribution in [1.29, 1.82) is 0 Å². The van der Waals surface area contributed by atoms with Gasteiger partial charge in [0, 0.05) is 23.7 Å². The number of carbonyl (C=O) groups excluding carboxylic acids is 2. The molecule has 4 atom stereocenters. The average Bonchev–Trinajstić information content (AvgIpc) is 3.34. The molecule has 1 aromatic carbocycles. The number of rotatable bonds is 9. The van der Waals surface area contributed by atoms with Crippen LogP contribution >= 0.6 is 11.6 Å². The molecular weight excluding hydrogens is 368 g/mol. The van der Waals surface area contributed by atoms with Gasteiger partial charge in [-0.05, 0) is 54.9 Å². The third kappa shape index (κ3) is 5.84. The lowest BCUT2D eigenvalue weighted by atomic mass is 10.1. The smallest absolute Gasteiger partial charge is 0.258 e. The van der Waals surface area contributed by atoms with Crippen LogP contribution in [-0.2, 0) is 14.3 Å². The van der Waals surface area contributed by atoms with Crippen molar-refractivity contribution < 1.29 is 19.1 Å². The molecule has 1 aromatic rings. The molecule has 0 spiro atoms. The second-order valence-corrected chi connectivity index (χ2v) is 8.24. The van der Waals surface area contributed by atoms with Crippen molar-refractivity contribution in [3.05, 3.63) is 29.3 Å². The van der Waals surface area contributed by atoms with E-state index in [1.165, 1.54) is 0 Å². The lowest BCUT2D eigenvalue weighted by Crippen LogP contribution is -2.42. The standard InChI is InChI=1S/C20H27ClN2O4/c1-12(2)9-26-10-19(24)22-17-8-18(16-7-15(16)17)23-20(25)11-27-14-5-3-13(21)4-6-14/h3-6,12,15-18H,7-11H2,1-2H3,(H,22,24)(H,23,25)/t15?,16?,17-,18+/m1/s1. The first-order valence-electron chi connectivity index (χ1n) is 9.47. The lowest BCUT2D eigenvalue weighted by Gasteiger charge is -2.19. The van der Waals surface area contributed by atoms with E-state index in [0.717, 1.165) is 12.8 Å². The molecule has 2 saturated carbocycles. The summed E-state index contributed by atoms with van der Waals surface area (Å²) in [5.41, 5.74) is 0. The maximum absolute atomic E-state index is 12.2. The number of carbonyl (C=O) groups is 2. The molecule has 2 N–H and O–H groups in total. The Morgan fingerprint density at radius 3 is 2.22 bits per heavy atom. The molecule has 0 saturated heterocycles. The van der Waals surface area contributed by atoms with Gasteiger partial charge in [0.05, 0.1) is 0 Å². The van der Waals surface area contributed by atoms with Gasteiger partial charge in [0.1, 0.15) is 12.4 Å². The van der Waals surface area contributed by atoms with E-state index in [-0.39, 0.29) is 37.1 Å². The van der Waals surface area contributed by atoms with E-state index in [2.05, 4.69) is 10.6 Å². The number of halogens is 1. The van der Waals surface area contributed by atoms with Gasteiger partial charge in [-0.3, -0.25) is 9.59 Å². The molecule has 2 fully saturated rings. The summed E-state index contributed by atoms with van der Waals surface area (Å²) >= 11 is 5.83. The zero-order valence-electron chi connectivity index (χ0n) is 15.7. The summed E-state index contributed by atoms with van der Waals surface area (Å²) in [6, 6.07) is 7.12. The van der Waals surface area contributed by atoms with Crippen molar-refractivity contribution in [1.82, 2.24) is 10.6 Å². The zero-order valence-corrected chi connectivity index (χ0v) is 16.5. The van der Waals surface area contributed by atoms with Gasteiger partial charge in [-0.2, -0.15) is 0 Å². The molecule has 0 bridgehead atoms. The first kappa shape index (κ1) is 20.0. The Hall–Kier alpha value is -1.79. The predicted molar refractivity (Wildman–Crippen MR) is 103 cm³/mol. The van der Waals surface area contributed by atoms with E-state index in [1.807, 2.05) is 13.8 Å². The van der Waals surface area contributed by atoms with Gasteiger partial charge in [-0.1, -0.05) is 25.4 Å². The fraction of sp³-hybridized carbons (Fsp3) is 0.600. The summed E-state index contributed by atoms with van der Waals surface area (Å²) in [6.07, 6.45) is 1.80. The molecule has 2 aliphatic carbocycles. The third-order valence-corrected chi connectivity index (χ3v) is 5.25. The molecule has 0 aliphatic heterocycles. The van der Waals surface area contributed by atoms with Crippen molar-refractivity contribution in [2.24, 2.45) is 17.8 Å². The molecule has 2 unspecified atom stereocenters. The van der Waals surface area contributed by atoms with Crippen LogP contribution in [0, 0.1) is 17.8 Å². The Balaban J connectivity index is 1.37. The maximum Gasteiger partial charge on any atom is 0.258 e. The van der Waals surface area contributed by atoms with Crippen LogP contribution in [0.25, 0.3) is 0 Å². The van der Waals surface area contributed by atoms with Crippen molar-refractivity contribution >= 4 is 23.4 Å². The summed E-state index contributed by atoms with van der Waals surface area (Å²) < 4.78 is 10.9. The normalized spacial score (nSPS) is 25.8. The Kier molecular flexibility index (Phi) is 6.60. The van der Waals surface area contributed by atoms with E-state index < -0.39 is 0 Å². The number of hydrogen-bond donors (Lipinski definition) is 2. The van der Waals surface area contributed by atoms with E-state index in [0.29, 0.717) is 35.1 Å². The molecule has 0 heterocycles. The van der Waals surface area contributed by atoms with E-state index in [9.17, 15) is 9.59 Å². The minimum atomic E-state index is -0.146. The molecule has 3 rings (SSSR count). The van der Waals surface area contributed by atoms with Gasteiger partial charge in [0.15, 0.2) is 6.61 Å². The maximum atomic E-state index is 12.2. The molecule has 2 aliphatic rings. The molecule has 0 radical (unpaired) electrons. The van der Waals surface area contributed by atoms with E-state index in [4.69, 9.17) is 21.1 Å².